The largest absolute Gasteiger partial charge is 0.309 e. The van der Waals surface area contributed by atoms with Gasteiger partial charge >= 0.3 is 0 Å². The highest BCUT2D eigenvalue weighted by Crippen LogP contribution is 2.41. The number of aliphatic imine (C=N–C) groups is 1. The summed E-state index contributed by atoms with van der Waals surface area (Å²) < 4.78 is 4.74. The Balaban J connectivity index is 1.14. The molecule has 0 aliphatic carbocycles. The van der Waals surface area contributed by atoms with E-state index in [1.165, 1.54) is 60.0 Å². The fraction of sp³-hybridized carbons (Fsp3) is 0.0204. The average molecular weight is 677 g/mol. The summed E-state index contributed by atoms with van der Waals surface area (Å²) in [6, 6.07) is 54.9. The van der Waals surface area contributed by atoms with Gasteiger partial charge in [-0.2, -0.15) is 0 Å². The molecule has 1 aliphatic rings. The number of rotatable bonds is 3. The zero-order valence-electron chi connectivity index (χ0n) is 28.9. The van der Waals surface area contributed by atoms with Crippen LogP contribution in [0.3, 0.4) is 0 Å². The number of fused-ring (bicyclic) bond motifs is 8. The third-order valence-corrected chi connectivity index (χ3v) is 11.0. The van der Waals surface area contributed by atoms with Gasteiger partial charge in [0.15, 0.2) is 0 Å². The number of para-hydroxylation sites is 2. The Morgan fingerprint density at radius 2 is 1.21 bits per heavy atom. The smallest absolute Gasteiger partial charge is 0.0961 e. The van der Waals surface area contributed by atoms with Crippen LogP contribution in [-0.4, -0.2) is 20.3 Å². The Morgan fingerprint density at radius 1 is 0.509 bits per heavy atom. The number of pyridine rings is 1. The first kappa shape index (κ1) is 29.7. The van der Waals surface area contributed by atoms with Crippen LogP contribution in [0.25, 0.3) is 93.4 Å². The second-order valence-corrected chi connectivity index (χ2v) is 13.9. The maximum atomic E-state index is 4.95. The summed E-state index contributed by atoms with van der Waals surface area (Å²) in [7, 11) is 0. The maximum absolute atomic E-state index is 4.95. The summed E-state index contributed by atoms with van der Waals surface area (Å²) >= 11 is 0. The van der Waals surface area contributed by atoms with Crippen LogP contribution in [0.4, 0.5) is 0 Å². The summed E-state index contributed by atoms with van der Waals surface area (Å²) in [5.74, 6) is 0. The second kappa shape index (κ2) is 11.5. The fourth-order valence-electron chi connectivity index (χ4n) is 8.57. The molecule has 53 heavy (non-hydrogen) atoms. The van der Waals surface area contributed by atoms with E-state index in [-0.39, 0.29) is 0 Å². The molecule has 0 fully saturated rings. The molecular weight excluding hydrogens is 645 g/mol. The minimum absolute atomic E-state index is 0.661. The Hall–Kier alpha value is -7.04. The van der Waals surface area contributed by atoms with Gasteiger partial charge in [-0.3, -0.25) is 9.98 Å². The molecule has 11 rings (SSSR count). The van der Waals surface area contributed by atoms with Crippen molar-refractivity contribution in [3.05, 3.63) is 182 Å². The van der Waals surface area contributed by atoms with Gasteiger partial charge in [-0.05, 0) is 93.9 Å². The maximum Gasteiger partial charge on any atom is 0.0961 e. The highest BCUT2D eigenvalue weighted by atomic mass is 15.0. The monoisotopic (exact) mass is 676 g/mol. The summed E-state index contributed by atoms with van der Waals surface area (Å²) in [4.78, 5) is 9.68. The van der Waals surface area contributed by atoms with Crippen LogP contribution in [0, 0.1) is 0 Å². The topological polar surface area (TPSA) is 35.1 Å². The molecule has 0 unspecified atom stereocenters. The van der Waals surface area contributed by atoms with Crippen LogP contribution in [0.15, 0.2) is 176 Å². The van der Waals surface area contributed by atoms with E-state index in [9.17, 15) is 0 Å². The molecule has 7 aromatic carbocycles. The molecule has 0 saturated heterocycles. The van der Waals surface area contributed by atoms with E-state index in [0.29, 0.717) is 5.70 Å². The van der Waals surface area contributed by atoms with E-state index >= 15 is 0 Å². The molecular formula is C49H32N4. The third kappa shape index (κ3) is 4.49. The zero-order valence-corrected chi connectivity index (χ0v) is 28.9. The van der Waals surface area contributed by atoms with E-state index < -0.39 is 0 Å². The Bertz CT molecular complexity index is 3200. The predicted octanol–water partition coefficient (Wildman–Crippen LogP) is 12.4. The molecule has 4 heteroatoms. The van der Waals surface area contributed by atoms with Crippen molar-refractivity contribution in [3.8, 4) is 16.8 Å². The summed E-state index contributed by atoms with van der Waals surface area (Å²) in [6.07, 6.45) is 6.86. The summed E-state index contributed by atoms with van der Waals surface area (Å²) in [6.45, 7) is 4.37. The Morgan fingerprint density at radius 3 is 2.08 bits per heavy atom. The minimum atomic E-state index is 0.661. The number of allylic oxidation sites excluding steroid dienone is 2. The minimum Gasteiger partial charge on any atom is -0.309 e. The lowest BCUT2D eigenvalue weighted by Crippen LogP contribution is -1.99. The van der Waals surface area contributed by atoms with Crippen molar-refractivity contribution in [2.24, 2.45) is 4.99 Å². The van der Waals surface area contributed by atoms with E-state index in [2.05, 4.69) is 173 Å². The normalized spacial score (nSPS) is 14.3. The molecule has 3 aromatic heterocycles. The lowest BCUT2D eigenvalue weighted by molar-refractivity contribution is 1.18. The van der Waals surface area contributed by atoms with Gasteiger partial charge in [-0.25, -0.2) is 0 Å². The average Bonchev–Trinajstić information content (AvgIpc) is 3.74. The van der Waals surface area contributed by atoms with E-state index in [0.717, 1.165) is 45.3 Å². The SMILES string of the molecule is C=C1N=C/C(n2c3ccc(-c4ccc5c(c4)c4ccccc4n5-c4ccccc4)cc3c3c4ccccc4ccc32)=C\Cc2cccc3ccnc1c23. The molecule has 248 valence electrons. The Labute approximate surface area is 305 Å². The van der Waals surface area contributed by atoms with Gasteiger partial charge in [-0.1, -0.05) is 110 Å². The highest BCUT2D eigenvalue weighted by molar-refractivity contribution is 6.24. The van der Waals surface area contributed by atoms with Crippen molar-refractivity contribution in [2.75, 3.05) is 0 Å². The highest BCUT2D eigenvalue weighted by Gasteiger charge is 2.19. The molecule has 1 aliphatic heterocycles. The van der Waals surface area contributed by atoms with Crippen molar-refractivity contribution in [3.63, 3.8) is 0 Å². The van der Waals surface area contributed by atoms with Gasteiger partial charge in [0.05, 0.1) is 45.4 Å². The third-order valence-electron chi connectivity index (χ3n) is 11.0. The molecule has 0 N–H and O–H groups in total. The van der Waals surface area contributed by atoms with E-state index in [1.807, 2.05) is 12.4 Å². The van der Waals surface area contributed by atoms with Crippen molar-refractivity contribution < 1.29 is 0 Å². The summed E-state index contributed by atoms with van der Waals surface area (Å²) in [5.41, 5.74) is 11.9. The number of hydrogen-bond donors (Lipinski definition) is 0. The van der Waals surface area contributed by atoms with Crippen molar-refractivity contribution in [2.45, 2.75) is 6.42 Å². The van der Waals surface area contributed by atoms with Gasteiger partial charge < -0.3 is 9.13 Å². The summed E-state index contributed by atoms with van der Waals surface area (Å²) in [5, 5.41) is 9.67. The molecule has 4 nitrogen and oxygen atoms in total. The quantitative estimate of drug-likeness (QED) is 0.183. The fourth-order valence-corrected chi connectivity index (χ4v) is 8.57. The molecule has 0 saturated carbocycles. The van der Waals surface area contributed by atoms with Crippen LogP contribution in [0.2, 0.25) is 0 Å². The molecule has 0 radical (unpaired) electrons. The lowest BCUT2D eigenvalue weighted by Gasteiger charge is -2.10. The Kier molecular flexibility index (Phi) is 6.43. The van der Waals surface area contributed by atoms with Crippen LogP contribution in [-0.2, 0) is 6.42 Å². The molecule has 10 aromatic rings. The molecule has 0 spiro atoms. The van der Waals surface area contributed by atoms with Crippen molar-refractivity contribution in [1.82, 2.24) is 14.1 Å². The molecule has 0 atom stereocenters. The second-order valence-electron chi connectivity index (χ2n) is 13.9. The number of aromatic nitrogens is 3. The first-order chi connectivity index (χ1) is 26.2. The van der Waals surface area contributed by atoms with Crippen LogP contribution in [0.1, 0.15) is 11.3 Å². The number of nitrogens with zero attached hydrogens (tertiary/aromatic N) is 4. The van der Waals surface area contributed by atoms with E-state index in [1.54, 1.807) is 0 Å². The molecule has 0 bridgehead atoms. The van der Waals surface area contributed by atoms with Gasteiger partial charge in [0.25, 0.3) is 0 Å². The molecule has 4 heterocycles. The van der Waals surface area contributed by atoms with Crippen LogP contribution in [0.5, 0.6) is 0 Å². The first-order valence-electron chi connectivity index (χ1n) is 18.1. The van der Waals surface area contributed by atoms with Crippen molar-refractivity contribution in [1.29, 1.82) is 0 Å². The zero-order chi connectivity index (χ0) is 35.0. The first-order valence-corrected chi connectivity index (χ1v) is 18.1. The van der Waals surface area contributed by atoms with Gasteiger partial charge in [-0.15, -0.1) is 0 Å². The predicted molar refractivity (Wildman–Crippen MR) is 224 cm³/mol. The standard InChI is InChI=1S/C49H32N4/c1-31-49-47-33(11-9-12-34(47)26-27-50-49)18-22-38(30-51-31)53-45-24-21-36(29-42(45)48-39-15-6-5-10-32(39)19-25-46(48)53)35-20-23-44-41(28-35)40-16-7-8-17-43(40)52(44)37-13-3-2-4-14-37/h2-17,19-30H,1,18H2/b38-22+,51-30?. The van der Waals surface area contributed by atoms with Gasteiger partial charge in [0.2, 0.25) is 0 Å². The van der Waals surface area contributed by atoms with Crippen molar-refractivity contribution >= 4 is 82.8 Å². The lowest BCUT2D eigenvalue weighted by atomic mass is 9.99. The van der Waals surface area contributed by atoms with E-state index in [4.69, 9.17) is 9.98 Å². The van der Waals surface area contributed by atoms with Crippen LogP contribution < -0.4 is 0 Å². The molecule has 0 amide bonds. The van der Waals surface area contributed by atoms with Gasteiger partial charge in [0, 0.05) is 38.8 Å². The van der Waals surface area contributed by atoms with Gasteiger partial charge in [0.1, 0.15) is 0 Å². The van der Waals surface area contributed by atoms with Crippen LogP contribution >= 0.6 is 0 Å². The number of benzene rings is 7. The number of hydrogen-bond acceptors (Lipinski definition) is 2.